The monoisotopic (exact) mass is 208 g/mol. The van der Waals surface area contributed by atoms with Gasteiger partial charge < -0.3 is 9.84 Å². The fourth-order valence-corrected chi connectivity index (χ4v) is 2.10. The summed E-state index contributed by atoms with van der Waals surface area (Å²) in [5, 5.41) is 9.72. The maximum atomic E-state index is 9.72. The number of ether oxygens (including phenoxy) is 1. The van der Waals surface area contributed by atoms with Gasteiger partial charge in [0.15, 0.2) is 0 Å². The molecule has 2 rings (SSSR count). The molecule has 1 aromatic heterocycles. The van der Waals surface area contributed by atoms with Crippen molar-refractivity contribution in [3.05, 3.63) is 18.6 Å². The molecule has 1 heterocycles. The van der Waals surface area contributed by atoms with E-state index in [0.717, 1.165) is 12.8 Å². The van der Waals surface area contributed by atoms with Crippen molar-refractivity contribution in [3.63, 3.8) is 0 Å². The second-order valence-electron chi connectivity index (χ2n) is 3.99. The maximum Gasteiger partial charge on any atom is 0.232 e. The first-order chi connectivity index (χ1) is 7.29. The standard InChI is InChI=1S/C11H16N2O2/c1-2-8-5-9(6-10(8)14)15-11-7-12-3-4-13-11/h3-4,7-10,14H,2,5-6H2,1H3/t8-,9+,10-/m0/s1. The average molecular weight is 208 g/mol. The number of aromatic nitrogens is 2. The van der Waals surface area contributed by atoms with Gasteiger partial charge in [-0.15, -0.1) is 0 Å². The van der Waals surface area contributed by atoms with Crippen LogP contribution < -0.4 is 4.74 Å². The topological polar surface area (TPSA) is 55.2 Å². The fraction of sp³-hybridized carbons (Fsp3) is 0.636. The van der Waals surface area contributed by atoms with E-state index in [2.05, 4.69) is 16.9 Å². The Morgan fingerprint density at radius 1 is 1.47 bits per heavy atom. The third-order valence-corrected chi connectivity index (χ3v) is 2.97. The Labute approximate surface area is 89.3 Å². The van der Waals surface area contributed by atoms with Crippen molar-refractivity contribution in [3.8, 4) is 5.88 Å². The molecule has 1 aliphatic rings. The van der Waals surface area contributed by atoms with Crippen molar-refractivity contribution in [1.82, 2.24) is 9.97 Å². The van der Waals surface area contributed by atoms with E-state index in [1.165, 1.54) is 0 Å². The molecule has 3 atom stereocenters. The first kappa shape index (κ1) is 10.4. The van der Waals surface area contributed by atoms with E-state index in [4.69, 9.17) is 4.74 Å². The lowest BCUT2D eigenvalue weighted by molar-refractivity contribution is 0.122. The van der Waals surface area contributed by atoms with Crippen LogP contribution in [-0.4, -0.2) is 27.3 Å². The Hall–Kier alpha value is -1.16. The van der Waals surface area contributed by atoms with Crippen LogP contribution in [-0.2, 0) is 0 Å². The number of hydrogen-bond donors (Lipinski definition) is 1. The van der Waals surface area contributed by atoms with Gasteiger partial charge in [-0.05, 0) is 12.3 Å². The lowest BCUT2D eigenvalue weighted by atomic mass is 10.0. The van der Waals surface area contributed by atoms with E-state index < -0.39 is 0 Å². The first-order valence-corrected chi connectivity index (χ1v) is 5.40. The van der Waals surface area contributed by atoms with Gasteiger partial charge in [0.25, 0.3) is 0 Å². The van der Waals surface area contributed by atoms with Crippen LogP contribution >= 0.6 is 0 Å². The van der Waals surface area contributed by atoms with Gasteiger partial charge in [-0.1, -0.05) is 13.3 Å². The minimum atomic E-state index is -0.225. The molecular formula is C11H16N2O2. The molecule has 0 aliphatic heterocycles. The molecule has 1 saturated carbocycles. The van der Waals surface area contributed by atoms with Crippen molar-refractivity contribution < 1.29 is 9.84 Å². The third kappa shape index (κ3) is 2.45. The molecule has 1 aromatic rings. The Morgan fingerprint density at radius 2 is 2.33 bits per heavy atom. The quantitative estimate of drug-likeness (QED) is 0.815. The molecule has 0 bridgehead atoms. The highest BCUT2D eigenvalue weighted by atomic mass is 16.5. The van der Waals surface area contributed by atoms with Crippen molar-refractivity contribution in [1.29, 1.82) is 0 Å². The van der Waals surface area contributed by atoms with E-state index in [0.29, 0.717) is 18.2 Å². The highest BCUT2D eigenvalue weighted by Gasteiger charge is 2.33. The van der Waals surface area contributed by atoms with E-state index in [9.17, 15) is 5.11 Å². The van der Waals surface area contributed by atoms with Crippen LogP contribution in [0.3, 0.4) is 0 Å². The third-order valence-electron chi connectivity index (χ3n) is 2.97. The summed E-state index contributed by atoms with van der Waals surface area (Å²) in [5.41, 5.74) is 0. The summed E-state index contributed by atoms with van der Waals surface area (Å²) in [5.74, 6) is 0.915. The lowest BCUT2D eigenvalue weighted by Gasteiger charge is -2.11. The molecule has 1 fully saturated rings. The zero-order valence-electron chi connectivity index (χ0n) is 8.84. The van der Waals surface area contributed by atoms with Gasteiger partial charge in [0.05, 0.1) is 12.3 Å². The average Bonchev–Trinajstić information content (AvgIpc) is 2.60. The first-order valence-electron chi connectivity index (χ1n) is 5.40. The summed E-state index contributed by atoms with van der Waals surface area (Å²) in [4.78, 5) is 7.99. The van der Waals surface area contributed by atoms with Crippen LogP contribution in [0.1, 0.15) is 26.2 Å². The number of aliphatic hydroxyl groups excluding tert-OH is 1. The number of nitrogens with zero attached hydrogens (tertiary/aromatic N) is 2. The number of hydrogen-bond acceptors (Lipinski definition) is 4. The fourth-order valence-electron chi connectivity index (χ4n) is 2.10. The van der Waals surface area contributed by atoms with Crippen molar-refractivity contribution in [2.75, 3.05) is 0 Å². The predicted octanol–water partition coefficient (Wildman–Crippen LogP) is 1.40. The molecule has 0 unspecified atom stereocenters. The molecule has 1 aliphatic carbocycles. The van der Waals surface area contributed by atoms with Gasteiger partial charge in [-0.2, -0.15) is 0 Å². The SMILES string of the molecule is CC[C@H]1C[C@@H](Oc2cnccn2)C[C@@H]1O. The van der Waals surface area contributed by atoms with Gasteiger partial charge in [-0.3, -0.25) is 4.98 Å². The number of rotatable bonds is 3. The summed E-state index contributed by atoms with van der Waals surface area (Å²) >= 11 is 0. The summed E-state index contributed by atoms with van der Waals surface area (Å²) in [6.07, 6.45) is 7.30. The minimum Gasteiger partial charge on any atom is -0.473 e. The summed E-state index contributed by atoms with van der Waals surface area (Å²) in [6.45, 7) is 2.10. The van der Waals surface area contributed by atoms with E-state index in [1.807, 2.05) is 0 Å². The summed E-state index contributed by atoms with van der Waals surface area (Å²) < 4.78 is 5.64. The summed E-state index contributed by atoms with van der Waals surface area (Å²) in [6, 6.07) is 0. The molecule has 0 amide bonds. The second-order valence-corrected chi connectivity index (χ2v) is 3.99. The molecular weight excluding hydrogens is 192 g/mol. The predicted molar refractivity (Wildman–Crippen MR) is 55.5 cm³/mol. The maximum absolute atomic E-state index is 9.72. The molecule has 0 radical (unpaired) electrons. The largest absolute Gasteiger partial charge is 0.473 e. The highest BCUT2D eigenvalue weighted by molar-refractivity contribution is 5.03. The molecule has 82 valence electrons. The number of aliphatic hydroxyl groups is 1. The van der Waals surface area contributed by atoms with Crippen molar-refractivity contribution in [2.24, 2.45) is 5.92 Å². The highest BCUT2D eigenvalue weighted by Crippen LogP contribution is 2.30. The lowest BCUT2D eigenvalue weighted by Crippen LogP contribution is -2.14. The molecule has 0 aromatic carbocycles. The minimum absolute atomic E-state index is 0.0849. The zero-order chi connectivity index (χ0) is 10.7. The smallest absolute Gasteiger partial charge is 0.232 e. The van der Waals surface area contributed by atoms with Crippen LogP contribution in [0.5, 0.6) is 5.88 Å². The van der Waals surface area contributed by atoms with Gasteiger partial charge >= 0.3 is 0 Å². The Balaban J connectivity index is 1.92. The van der Waals surface area contributed by atoms with E-state index >= 15 is 0 Å². The van der Waals surface area contributed by atoms with Gasteiger partial charge in [0.2, 0.25) is 5.88 Å². The molecule has 4 heteroatoms. The molecule has 0 saturated heterocycles. The van der Waals surface area contributed by atoms with E-state index in [-0.39, 0.29) is 12.2 Å². The normalized spacial score (nSPS) is 30.4. The Kier molecular flexibility index (Phi) is 3.16. The van der Waals surface area contributed by atoms with Crippen LogP contribution in [0.15, 0.2) is 18.6 Å². The van der Waals surface area contributed by atoms with Gasteiger partial charge in [0.1, 0.15) is 6.10 Å². The van der Waals surface area contributed by atoms with Crippen LogP contribution in [0, 0.1) is 5.92 Å². The van der Waals surface area contributed by atoms with Crippen LogP contribution in [0.4, 0.5) is 0 Å². The van der Waals surface area contributed by atoms with Gasteiger partial charge in [-0.25, -0.2) is 4.98 Å². The Bertz CT molecular complexity index is 305. The molecule has 0 spiro atoms. The van der Waals surface area contributed by atoms with Crippen molar-refractivity contribution >= 4 is 0 Å². The molecule has 1 N–H and O–H groups in total. The van der Waals surface area contributed by atoms with Gasteiger partial charge in [0, 0.05) is 18.8 Å². The second kappa shape index (κ2) is 4.57. The van der Waals surface area contributed by atoms with E-state index in [1.54, 1.807) is 18.6 Å². The van der Waals surface area contributed by atoms with Crippen LogP contribution in [0.25, 0.3) is 0 Å². The zero-order valence-corrected chi connectivity index (χ0v) is 8.84. The summed E-state index contributed by atoms with van der Waals surface area (Å²) in [7, 11) is 0. The van der Waals surface area contributed by atoms with Crippen LogP contribution in [0.2, 0.25) is 0 Å². The molecule has 15 heavy (non-hydrogen) atoms. The molecule has 4 nitrogen and oxygen atoms in total. The Morgan fingerprint density at radius 3 is 2.93 bits per heavy atom. The van der Waals surface area contributed by atoms with Crippen molar-refractivity contribution in [2.45, 2.75) is 38.4 Å².